The number of rotatable bonds is 15. The monoisotopic (exact) mass is 319 g/mol. The van der Waals surface area contributed by atoms with E-state index in [0.29, 0.717) is 45.5 Å². The highest BCUT2D eigenvalue weighted by Crippen LogP contribution is 1.98. The second-order valence-corrected chi connectivity index (χ2v) is 5.73. The number of ether oxygens (including phenoxy) is 4. The summed E-state index contributed by atoms with van der Waals surface area (Å²) in [6.07, 6.45) is 1.14. The molecule has 0 aromatic heterocycles. The molecule has 0 aliphatic carbocycles. The molecule has 0 unspecified atom stereocenters. The zero-order valence-electron chi connectivity index (χ0n) is 14.6. The fraction of sp³-hybridized carbons (Fsp3) is 0.938. The first-order valence-electron chi connectivity index (χ1n) is 8.14. The van der Waals surface area contributed by atoms with Crippen LogP contribution in [0, 0.1) is 5.92 Å². The second-order valence-electron chi connectivity index (χ2n) is 5.73. The minimum absolute atomic E-state index is 0.0634. The lowest BCUT2D eigenvalue weighted by molar-refractivity contribution is -0.127. The predicted molar refractivity (Wildman–Crippen MR) is 86.0 cm³/mol. The fourth-order valence-corrected chi connectivity index (χ4v) is 1.42. The van der Waals surface area contributed by atoms with Gasteiger partial charge in [-0.3, -0.25) is 4.79 Å². The Balaban J connectivity index is 3.12. The standard InChI is InChI=1S/C16H33NO5/c1-14(2)5-7-19-9-11-21-12-10-20-8-6-17-16(18)13-22-15(3)4/h14-15H,5-13H2,1-4H3,(H,17,18). The molecule has 1 amide bonds. The van der Waals surface area contributed by atoms with Crippen molar-refractivity contribution < 1.29 is 23.7 Å². The third kappa shape index (κ3) is 17.4. The average molecular weight is 319 g/mol. The number of carbonyl (C=O) groups is 1. The van der Waals surface area contributed by atoms with Crippen molar-refractivity contribution in [1.29, 1.82) is 0 Å². The second kappa shape index (κ2) is 15.2. The first-order valence-corrected chi connectivity index (χ1v) is 8.14. The van der Waals surface area contributed by atoms with E-state index < -0.39 is 0 Å². The van der Waals surface area contributed by atoms with Gasteiger partial charge >= 0.3 is 0 Å². The number of hydrogen-bond donors (Lipinski definition) is 1. The topological polar surface area (TPSA) is 66.0 Å². The molecule has 0 atom stereocenters. The molecule has 0 aliphatic heterocycles. The normalized spacial score (nSPS) is 11.4. The summed E-state index contributed by atoms with van der Waals surface area (Å²) in [5.74, 6) is 0.554. The Kier molecular flexibility index (Phi) is 14.7. The first-order chi connectivity index (χ1) is 10.5. The third-order valence-corrected chi connectivity index (χ3v) is 2.70. The van der Waals surface area contributed by atoms with Gasteiger partial charge in [-0.15, -0.1) is 0 Å². The van der Waals surface area contributed by atoms with Gasteiger partial charge in [0.1, 0.15) is 6.61 Å². The van der Waals surface area contributed by atoms with Crippen molar-refractivity contribution in [3.63, 3.8) is 0 Å². The molecule has 0 saturated heterocycles. The van der Waals surface area contributed by atoms with E-state index in [2.05, 4.69) is 19.2 Å². The summed E-state index contributed by atoms with van der Waals surface area (Å²) in [5.41, 5.74) is 0. The third-order valence-electron chi connectivity index (χ3n) is 2.70. The van der Waals surface area contributed by atoms with Crippen LogP contribution in [0.15, 0.2) is 0 Å². The van der Waals surface area contributed by atoms with Gasteiger partial charge in [0.05, 0.1) is 39.1 Å². The Morgan fingerprint density at radius 3 is 1.95 bits per heavy atom. The van der Waals surface area contributed by atoms with Crippen molar-refractivity contribution in [1.82, 2.24) is 5.32 Å². The molecule has 0 spiro atoms. The Morgan fingerprint density at radius 2 is 1.41 bits per heavy atom. The molecule has 0 heterocycles. The van der Waals surface area contributed by atoms with Gasteiger partial charge in [0.15, 0.2) is 0 Å². The van der Waals surface area contributed by atoms with Crippen molar-refractivity contribution in [2.24, 2.45) is 5.92 Å². The first kappa shape index (κ1) is 21.3. The summed E-state index contributed by atoms with van der Waals surface area (Å²) >= 11 is 0. The Hall–Kier alpha value is -0.690. The van der Waals surface area contributed by atoms with Crippen molar-refractivity contribution >= 4 is 5.91 Å². The molecule has 0 rings (SSSR count). The lowest BCUT2D eigenvalue weighted by Gasteiger charge is -2.09. The summed E-state index contributed by atoms with van der Waals surface area (Å²) in [6.45, 7) is 12.3. The van der Waals surface area contributed by atoms with Gasteiger partial charge in [-0.1, -0.05) is 13.8 Å². The molecular weight excluding hydrogens is 286 g/mol. The largest absolute Gasteiger partial charge is 0.379 e. The van der Waals surface area contributed by atoms with Crippen LogP contribution in [0.3, 0.4) is 0 Å². The highest BCUT2D eigenvalue weighted by Gasteiger charge is 2.02. The van der Waals surface area contributed by atoms with Gasteiger partial charge in [-0.05, 0) is 26.2 Å². The van der Waals surface area contributed by atoms with Crippen LogP contribution in [0.4, 0.5) is 0 Å². The average Bonchev–Trinajstić information content (AvgIpc) is 2.45. The van der Waals surface area contributed by atoms with Gasteiger partial charge in [-0.2, -0.15) is 0 Å². The molecule has 0 bridgehead atoms. The maximum absolute atomic E-state index is 11.3. The summed E-state index contributed by atoms with van der Waals surface area (Å²) in [5, 5.41) is 2.72. The molecule has 1 N–H and O–H groups in total. The SMILES string of the molecule is CC(C)CCOCCOCCOCCNC(=O)COC(C)C. The lowest BCUT2D eigenvalue weighted by atomic mass is 10.1. The number of nitrogens with one attached hydrogen (secondary N) is 1. The minimum atomic E-state index is -0.118. The number of carbonyl (C=O) groups excluding carboxylic acids is 1. The summed E-state index contributed by atoms with van der Waals surface area (Å²) in [7, 11) is 0. The lowest BCUT2D eigenvalue weighted by Crippen LogP contribution is -2.31. The molecule has 0 radical (unpaired) electrons. The Labute approximate surface area is 134 Å². The van der Waals surface area contributed by atoms with Gasteiger partial charge in [-0.25, -0.2) is 0 Å². The molecule has 6 nitrogen and oxygen atoms in total. The van der Waals surface area contributed by atoms with Crippen molar-refractivity contribution in [3.8, 4) is 0 Å². The van der Waals surface area contributed by atoms with Crippen LogP contribution in [0.2, 0.25) is 0 Å². The van der Waals surface area contributed by atoms with Crippen LogP contribution in [-0.4, -0.2) is 64.8 Å². The summed E-state index contributed by atoms with van der Waals surface area (Å²) < 4.78 is 21.3. The molecule has 0 fully saturated rings. The van der Waals surface area contributed by atoms with Crippen LogP contribution in [-0.2, 0) is 23.7 Å². The molecule has 6 heteroatoms. The molecule has 0 aromatic rings. The van der Waals surface area contributed by atoms with Crippen molar-refractivity contribution in [3.05, 3.63) is 0 Å². The van der Waals surface area contributed by atoms with Crippen LogP contribution in [0.5, 0.6) is 0 Å². The fourth-order valence-electron chi connectivity index (χ4n) is 1.42. The molecule has 0 saturated carbocycles. The van der Waals surface area contributed by atoms with E-state index in [1.54, 1.807) is 0 Å². The Bertz CT molecular complexity index is 259. The van der Waals surface area contributed by atoms with Crippen LogP contribution < -0.4 is 5.32 Å². The van der Waals surface area contributed by atoms with Crippen molar-refractivity contribution in [2.45, 2.75) is 40.2 Å². The van der Waals surface area contributed by atoms with E-state index in [1.807, 2.05) is 13.8 Å². The molecular formula is C16H33NO5. The maximum atomic E-state index is 11.3. The van der Waals surface area contributed by atoms with E-state index in [1.165, 1.54) is 0 Å². The van der Waals surface area contributed by atoms with E-state index in [4.69, 9.17) is 18.9 Å². The van der Waals surface area contributed by atoms with E-state index in [0.717, 1.165) is 13.0 Å². The maximum Gasteiger partial charge on any atom is 0.246 e. The zero-order valence-corrected chi connectivity index (χ0v) is 14.6. The van der Waals surface area contributed by atoms with Gasteiger partial charge in [0.2, 0.25) is 5.91 Å². The highest BCUT2D eigenvalue weighted by molar-refractivity contribution is 5.77. The van der Waals surface area contributed by atoms with E-state index >= 15 is 0 Å². The zero-order chi connectivity index (χ0) is 16.6. The summed E-state index contributed by atoms with van der Waals surface area (Å²) in [6, 6.07) is 0. The van der Waals surface area contributed by atoms with Crippen molar-refractivity contribution in [2.75, 3.05) is 52.8 Å². The summed E-state index contributed by atoms with van der Waals surface area (Å²) in [4.78, 5) is 11.3. The number of hydrogen-bond acceptors (Lipinski definition) is 5. The highest BCUT2D eigenvalue weighted by atomic mass is 16.5. The predicted octanol–water partition coefficient (Wildman–Crippen LogP) is 1.62. The molecule has 0 aliphatic rings. The molecule has 22 heavy (non-hydrogen) atoms. The number of amides is 1. The molecule has 132 valence electrons. The van der Waals surface area contributed by atoms with Crippen LogP contribution in [0.1, 0.15) is 34.1 Å². The minimum Gasteiger partial charge on any atom is -0.379 e. The molecule has 0 aromatic carbocycles. The van der Waals surface area contributed by atoms with Crippen LogP contribution in [0.25, 0.3) is 0 Å². The van der Waals surface area contributed by atoms with Gasteiger partial charge < -0.3 is 24.3 Å². The van der Waals surface area contributed by atoms with Crippen LogP contribution >= 0.6 is 0 Å². The van der Waals surface area contributed by atoms with Gasteiger partial charge in [0.25, 0.3) is 0 Å². The smallest absolute Gasteiger partial charge is 0.246 e. The van der Waals surface area contributed by atoms with Gasteiger partial charge in [0, 0.05) is 13.2 Å². The van der Waals surface area contributed by atoms with E-state index in [9.17, 15) is 4.79 Å². The van der Waals surface area contributed by atoms with E-state index in [-0.39, 0.29) is 18.6 Å². The quantitative estimate of drug-likeness (QED) is 0.465. The Morgan fingerprint density at radius 1 is 0.864 bits per heavy atom.